The Morgan fingerprint density at radius 1 is 0.926 bits per heavy atom. The first-order valence-corrected chi connectivity index (χ1v) is 9.44. The van der Waals surface area contributed by atoms with Crippen LogP contribution >= 0.6 is 0 Å². The average molecular weight is 367 g/mol. The van der Waals surface area contributed by atoms with Gasteiger partial charge in [0.25, 0.3) is 0 Å². The molecule has 1 N–H and O–H groups in total. The van der Waals surface area contributed by atoms with Crippen LogP contribution in [0, 0.1) is 17.1 Å². The zero-order valence-electron chi connectivity index (χ0n) is 15.5. The molecule has 0 fully saturated rings. The predicted octanol–water partition coefficient (Wildman–Crippen LogP) is 5.60. The van der Waals surface area contributed by atoms with Gasteiger partial charge in [0.2, 0.25) is 0 Å². The van der Waals surface area contributed by atoms with Crippen molar-refractivity contribution in [3.05, 3.63) is 65.5 Å². The molecule has 3 nitrogen and oxygen atoms in total. The van der Waals surface area contributed by atoms with Crippen molar-refractivity contribution in [2.75, 3.05) is 13.2 Å². The first-order chi connectivity index (χ1) is 13.2. The van der Waals surface area contributed by atoms with Gasteiger partial charge in [-0.25, -0.2) is 4.39 Å². The summed E-state index contributed by atoms with van der Waals surface area (Å²) in [4.78, 5) is 0. The SMILES string of the molecule is N#C/C(=C\c1ccc(F)cc1)c1ccc(OCCCCCCCCO)cc1. The number of hydrogen-bond donors (Lipinski definition) is 1. The third kappa shape index (κ3) is 7.64. The van der Waals surface area contributed by atoms with Crippen LogP contribution < -0.4 is 4.74 Å². The standard InChI is InChI=1S/C23H26FNO2/c24-22-11-7-19(8-12-22)17-21(18-25)20-9-13-23(14-10-20)27-16-6-4-2-1-3-5-15-26/h7-14,17,26H,1-6,15-16H2/b21-17+. The molecule has 0 radical (unpaired) electrons. The van der Waals surface area contributed by atoms with Crippen molar-refractivity contribution in [1.29, 1.82) is 5.26 Å². The Bertz CT molecular complexity index is 745. The smallest absolute Gasteiger partial charge is 0.123 e. The molecule has 0 bridgehead atoms. The molecular weight excluding hydrogens is 341 g/mol. The summed E-state index contributed by atoms with van der Waals surface area (Å²) in [5, 5.41) is 18.1. The zero-order chi connectivity index (χ0) is 19.3. The van der Waals surface area contributed by atoms with E-state index in [1.54, 1.807) is 18.2 Å². The van der Waals surface area contributed by atoms with Gasteiger partial charge >= 0.3 is 0 Å². The molecule has 2 aromatic rings. The number of aliphatic hydroxyl groups is 1. The van der Waals surface area contributed by atoms with Gasteiger partial charge in [0.15, 0.2) is 0 Å². The number of halogens is 1. The van der Waals surface area contributed by atoms with Crippen LogP contribution in [0.15, 0.2) is 48.5 Å². The highest BCUT2D eigenvalue weighted by Gasteiger charge is 2.03. The van der Waals surface area contributed by atoms with E-state index in [0.29, 0.717) is 12.2 Å². The minimum absolute atomic E-state index is 0.283. The molecule has 0 aliphatic carbocycles. The van der Waals surface area contributed by atoms with Gasteiger partial charge in [-0.05, 0) is 66.4 Å². The topological polar surface area (TPSA) is 53.2 Å². The maximum absolute atomic E-state index is 13.0. The van der Waals surface area contributed by atoms with E-state index in [2.05, 4.69) is 6.07 Å². The Labute approximate surface area is 160 Å². The van der Waals surface area contributed by atoms with Gasteiger partial charge in [-0.1, -0.05) is 37.8 Å². The van der Waals surface area contributed by atoms with E-state index in [0.717, 1.165) is 49.0 Å². The predicted molar refractivity (Wildman–Crippen MR) is 107 cm³/mol. The lowest BCUT2D eigenvalue weighted by molar-refractivity contribution is 0.280. The number of nitrogens with zero attached hydrogens (tertiary/aromatic N) is 1. The van der Waals surface area contributed by atoms with Crippen LogP contribution in [-0.2, 0) is 0 Å². The van der Waals surface area contributed by atoms with Gasteiger partial charge in [0.1, 0.15) is 11.6 Å². The van der Waals surface area contributed by atoms with E-state index >= 15 is 0 Å². The lowest BCUT2D eigenvalue weighted by Crippen LogP contribution is -1.97. The van der Waals surface area contributed by atoms with Crippen LogP contribution in [0.3, 0.4) is 0 Å². The summed E-state index contributed by atoms with van der Waals surface area (Å²) >= 11 is 0. The minimum atomic E-state index is -0.294. The Morgan fingerprint density at radius 3 is 2.19 bits per heavy atom. The van der Waals surface area contributed by atoms with Crippen LogP contribution in [-0.4, -0.2) is 18.3 Å². The molecule has 0 heterocycles. The van der Waals surface area contributed by atoms with E-state index in [9.17, 15) is 9.65 Å². The molecule has 142 valence electrons. The third-order valence-electron chi connectivity index (χ3n) is 4.29. The fourth-order valence-corrected chi connectivity index (χ4v) is 2.75. The van der Waals surface area contributed by atoms with Gasteiger partial charge < -0.3 is 9.84 Å². The number of nitriles is 1. The molecule has 2 rings (SSSR count). The highest BCUT2D eigenvalue weighted by molar-refractivity contribution is 5.89. The van der Waals surface area contributed by atoms with Gasteiger partial charge in [-0.15, -0.1) is 0 Å². The lowest BCUT2D eigenvalue weighted by atomic mass is 10.0. The summed E-state index contributed by atoms with van der Waals surface area (Å²) in [6, 6.07) is 15.7. The first-order valence-electron chi connectivity index (χ1n) is 9.44. The molecule has 0 saturated carbocycles. The monoisotopic (exact) mass is 367 g/mol. The second kappa shape index (κ2) is 11.9. The summed E-state index contributed by atoms with van der Waals surface area (Å²) < 4.78 is 18.7. The van der Waals surface area contributed by atoms with Gasteiger partial charge in [-0.2, -0.15) is 5.26 Å². The van der Waals surface area contributed by atoms with Crippen molar-refractivity contribution in [2.24, 2.45) is 0 Å². The zero-order valence-corrected chi connectivity index (χ0v) is 15.5. The van der Waals surface area contributed by atoms with E-state index in [1.165, 1.54) is 18.6 Å². The molecule has 0 atom stereocenters. The van der Waals surface area contributed by atoms with Crippen LogP contribution in [0.4, 0.5) is 4.39 Å². The number of ether oxygens (including phenoxy) is 1. The summed E-state index contributed by atoms with van der Waals surface area (Å²) in [5.74, 6) is 0.496. The van der Waals surface area contributed by atoms with Crippen LogP contribution in [0.25, 0.3) is 11.6 Å². The van der Waals surface area contributed by atoms with Crippen LogP contribution in [0.5, 0.6) is 5.75 Å². The largest absolute Gasteiger partial charge is 0.494 e. The van der Waals surface area contributed by atoms with Crippen molar-refractivity contribution in [3.8, 4) is 11.8 Å². The van der Waals surface area contributed by atoms with Crippen molar-refractivity contribution >= 4 is 11.6 Å². The highest BCUT2D eigenvalue weighted by Crippen LogP contribution is 2.21. The van der Waals surface area contributed by atoms with Gasteiger partial charge in [0.05, 0.1) is 18.2 Å². The summed E-state index contributed by atoms with van der Waals surface area (Å²) in [6.45, 7) is 0.960. The number of rotatable bonds is 11. The van der Waals surface area contributed by atoms with Crippen LogP contribution in [0.2, 0.25) is 0 Å². The average Bonchev–Trinajstić information content (AvgIpc) is 2.70. The molecule has 0 amide bonds. The summed E-state index contributed by atoms with van der Waals surface area (Å²) in [7, 11) is 0. The Hall–Kier alpha value is -2.64. The molecule has 4 heteroatoms. The first kappa shape index (κ1) is 20.7. The molecule has 0 aliphatic rings. The van der Waals surface area contributed by atoms with Crippen molar-refractivity contribution in [2.45, 2.75) is 38.5 Å². The molecular formula is C23H26FNO2. The van der Waals surface area contributed by atoms with E-state index in [1.807, 2.05) is 24.3 Å². The Morgan fingerprint density at radius 2 is 1.56 bits per heavy atom. The second-order valence-electron chi connectivity index (χ2n) is 6.44. The summed E-state index contributed by atoms with van der Waals surface area (Å²) in [6.07, 6.45) is 8.19. The number of hydrogen-bond acceptors (Lipinski definition) is 3. The van der Waals surface area contributed by atoms with E-state index < -0.39 is 0 Å². The van der Waals surface area contributed by atoms with Crippen molar-refractivity contribution in [3.63, 3.8) is 0 Å². The third-order valence-corrected chi connectivity index (χ3v) is 4.29. The highest BCUT2D eigenvalue weighted by atomic mass is 19.1. The lowest BCUT2D eigenvalue weighted by Gasteiger charge is -2.07. The van der Waals surface area contributed by atoms with Gasteiger partial charge in [-0.3, -0.25) is 0 Å². The molecule has 0 unspecified atom stereocenters. The van der Waals surface area contributed by atoms with Crippen molar-refractivity contribution in [1.82, 2.24) is 0 Å². The molecule has 0 spiro atoms. The molecule has 27 heavy (non-hydrogen) atoms. The molecule has 0 saturated heterocycles. The number of unbranched alkanes of at least 4 members (excludes halogenated alkanes) is 5. The minimum Gasteiger partial charge on any atom is -0.494 e. The van der Waals surface area contributed by atoms with E-state index in [4.69, 9.17) is 9.84 Å². The van der Waals surface area contributed by atoms with Crippen molar-refractivity contribution < 1.29 is 14.2 Å². The molecule has 0 aromatic heterocycles. The Kier molecular flexibility index (Phi) is 9.09. The molecule has 0 aliphatic heterocycles. The quantitative estimate of drug-likeness (QED) is 0.319. The fourth-order valence-electron chi connectivity index (χ4n) is 2.75. The van der Waals surface area contributed by atoms with E-state index in [-0.39, 0.29) is 12.4 Å². The summed E-state index contributed by atoms with van der Waals surface area (Å²) in [5.41, 5.74) is 2.11. The normalized spacial score (nSPS) is 11.2. The second-order valence-corrected chi connectivity index (χ2v) is 6.44. The number of allylic oxidation sites excluding steroid dienone is 1. The maximum Gasteiger partial charge on any atom is 0.123 e. The van der Waals surface area contributed by atoms with Crippen LogP contribution in [0.1, 0.15) is 49.7 Å². The number of benzene rings is 2. The fraction of sp³-hybridized carbons (Fsp3) is 0.348. The number of aliphatic hydroxyl groups excluding tert-OH is 1. The van der Waals surface area contributed by atoms with Gasteiger partial charge in [0, 0.05) is 6.61 Å². The maximum atomic E-state index is 13.0. The molecule has 2 aromatic carbocycles. The Balaban J connectivity index is 1.81.